The smallest absolute Gasteiger partial charge is 0.264 e. The molecule has 0 atom stereocenters. The van der Waals surface area contributed by atoms with Crippen LogP contribution < -0.4 is 5.32 Å². The Morgan fingerprint density at radius 1 is 1.18 bits per heavy atom. The third-order valence-electron chi connectivity index (χ3n) is 2.89. The third kappa shape index (κ3) is 3.32. The molecule has 1 amide bonds. The second kappa shape index (κ2) is 6.25. The number of rotatable bonds is 2. The van der Waals surface area contributed by atoms with Gasteiger partial charge in [-0.15, -0.1) is 0 Å². The van der Waals surface area contributed by atoms with Crippen LogP contribution in [0.25, 0.3) is 6.08 Å². The standard InChI is InChI=1S/C16H11ClN2O2S/c17-12-6-1-2-7-13(12)18-16-19-15(21)14(22-16)9-10-4-3-5-11(20)8-10/h1-9,20H,(H,18,19,21)/b14-9-. The first kappa shape index (κ1) is 14.7. The summed E-state index contributed by atoms with van der Waals surface area (Å²) in [6, 6.07) is 13.9. The van der Waals surface area contributed by atoms with Gasteiger partial charge in [-0.05, 0) is 47.7 Å². The van der Waals surface area contributed by atoms with Gasteiger partial charge in [0, 0.05) is 0 Å². The van der Waals surface area contributed by atoms with E-state index in [1.807, 2.05) is 18.2 Å². The van der Waals surface area contributed by atoms with Crippen molar-refractivity contribution in [2.45, 2.75) is 0 Å². The van der Waals surface area contributed by atoms with Crippen LogP contribution in [0.15, 0.2) is 58.4 Å². The summed E-state index contributed by atoms with van der Waals surface area (Å²) < 4.78 is 0. The van der Waals surface area contributed by atoms with Crippen molar-refractivity contribution in [1.29, 1.82) is 0 Å². The number of aromatic hydroxyl groups is 1. The Bertz CT molecular complexity index is 802. The quantitative estimate of drug-likeness (QED) is 0.820. The molecule has 1 heterocycles. The summed E-state index contributed by atoms with van der Waals surface area (Å²) >= 11 is 7.28. The van der Waals surface area contributed by atoms with Gasteiger partial charge in [0.1, 0.15) is 5.75 Å². The monoisotopic (exact) mass is 330 g/mol. The summed E-state index contributed by atoms with van der Waals surface area (Å²) in [6.45, 7) is 0. The zero-order valence-corrected chi connectivity index (χ0v) is 12.9. The van der Waals surface area contributed by atoms with Gasteiger partial charge in [0.05, 0.1) is 15.6 Å². The predicted octanol–water partition coefficient (Wildman–Crippen LogP) is 3.94. The van der Waals surface area contributed by atoms with Crippen molar-refractivity contribution in [2.24, 2.45) is 4.99 Å². The van der Waals surface area contributed by atoms with E-state index in [4.69, 9.17) is 11.6 Å². The van der Waals surface area contributed by atoms with E-state index in [1.54, 1.807) is 36.4 Å². The summed E-state index contributed by atoms with van der Waals surface area (Å²) in [4.78, 5) is 16.8. The molecule has 2 aromatic rings. The largest absolute Gasteiger partial charge is 0.508 e. The molecule has 0 spiro atoms. The average molecular weight is 331 g/mol. The number of phenolic OH excluding ortho intramolecular Hbond substituents is 1. The fourth-order valence-electron chi connectivity index (χ4n) is 1.90. The topological polar surface area (TPSA) is 61.7 Å². The molecular formula is C16H11ClN2O2S. The highest BCUT2D eigenvalue weighted by molar-refractivity contribution is 8.18. The number of hydrogen-bond acceptors (Lipinski definition) is 4. The second-order valence-corrected chi connectivity index (χ2v) is 5.97. The molecule has 22 heavy (non-hydrogen) atoms. The molecule has 1 saturated heterocycles. The van der Waals surface area contributed by atoms with Crippen LogP contribution in [0.3, 0.4) is 0 Å². The number of amidine groups is 1. The zero-order valence-electron chi connectivity index (χ0n) is 11.3. The molecule has 110 valence electrons. The highest BCUT2D eigenvalue weighted by Gasteiger charge is 2.24. The maximum absolute atomic E-state index is 12.0. The normalized spacial score (nSPS) is 18.0. The van der Waals surface area contributed by atoms with Crippen LogP contribution in [-0.4, -0.2) is 16.2 Å². The number of benzene rings is 2. The van der Waals surface area contributed by atoms with E-state index in [-0.39, 0.29) is 11.7 Å². The molecule has 0 unspecified atom stereocenters. The number of amides is 1. The number of phenols is 1. The number of nitrogens with zero attached hydrogens (tertiary/aromatic N) is 1. The lowest BCUT2D eigenvalue weighted by Gasteiger charge is -1.98. The van der Waals surface area contributed by atoms with Crippen molar-refractivity contribution in [1.82, 2.24) is 5.32 Å². The van der Waals surface area contributed by atoms with E-state index >= 15 is 0 Å². The maximum Gasteiger partial charge on any atom is 0.264 e. The lowest BCUT2D eigenvalue weighted by Crippen LogP contribution is -2.19. The fraction of sp³-hybridized carbons (Fsp3) is 0. The second-order valence-electron chi connectivity index (χ2n) is 4.53. The average Bonchev–Trinajstić information content (AvgIpc) is 2.81. The van der Waals surface area contributed by atoms with Crippen molar-refractivity contribution >= 4 is 46.2 Å². The fourth-order valence-corrected chi connectivity index (χ4v) is 2.91. The van der Waals surface area contributed by atoms with Crippen LogP contribution in [-0.2, 0) is 4.79 Å². The van der Waals surface area contributed by atoms with Gasteiger partial charge in [0.2, 0.25) is 0 Å². The van der Waals surface area contributed by atoms with Crippen molar-refractivity contribution in [2.75, 3.05) is 0 Å². The minimum absolute atomic E-state index is 0.155. The Kier molecular flexibility index (Phi) is 4.18. The molecule has 3 rings (SSSR count). The Morgan fingerprint density at radius 2 is 2.00 bits per heavy atom. The maximum atomic E-state index is 12.0. The summed E-state index contributed by atoms with van der Waals surface area (Å²) in [5, 5.41) is 13.2. The summed E-state index contributed by atoms with van der Waals surface area (Å²) in [5.41, 5.74) is 1.35. The van der Waals surface area contributed by atoms with Crippen LogP contribution in [0, 0.1) is 0 Å². The van der Waals surface area contributed by atoms with Crippen LogP contribution >= 0.6 is 23.4 Å². The molecule has 4 nitrogen and oxygen atoms in total. The van der Waals surface area contributed by atoms with Gasteiger partial charge < -0.3 is 10.4 Å². The summed E-state index contributed by atoms with van der Waals surface area (Å²) in [7, 11) is 0. The molecule has 6 heteroatoms. The van der Waals surface area contributed by atoms with E-state index in [0.29, 0.717) is 20.8 Å². The summed E-state index contributed by atoms with van der Waals surface area (Å²) in [6.07, 6.45) is 1.70. The summed E-state index contributed by atoms with van der Waals surface area (Å²) in [5.74, 6) is -0.0677. The molecule has 2 aromatic carbocycles. The first-order valence-corrected chi connectivity index (χ1v) is 7.64. The van der Waals surface area contributed by atoms with Gasteiger partial charge in [-0.1, -0.05) is 35.9 Å². The number of nitrogens with one attached hydrogen (secondary N) is 1. The molecular weight excluding hydrogens is 320 g/mol. The Hall–Kier alpha value is -2.24. The highest BCUT2D eigenvalue weighted by Crippen LogP contribution is 2.30. The molecule has 0 radical (unpaired) electrons. The van der Waals surface area contributed by atoms with Crippen molar-refractivity contribution in [3.8, 4) is 5.75 Å². The molecule has 0 bridgehead atoms. The van der Waals surface area contributed by atoms with Crippen LogP contribution in [0.1, 0.15) is 5.56 Å². The van der Waals surface area contributed by atoms with E-state index < -0.39 is 0 Å². The van der Waals surface area contributed by atoms with Crippen LogP contribution in [0.2, 0.25) is 5.02 Å². The number of hydrogen-bond donors (Lipinski definition) is 2. The number of aliphatic imine (C=N–C) groups is 1. The molecule has 0 aliphatic carbocycles. The molecule has 1 aliphatic rings. The predicted molar refractivity (Wildman–Crippen MR) is 90.4 cm³/mol. The molecule has 0 saturated carbocycles. The third-order valence-corrected chi connectivity index (χ3v) is 4.12. The minimum atomic E-state index is -0.223. The van der Waals surface area contributed by atoms with Gasteiger partial charge in [-0.3, -0.25) is 4.79 Å². The van der Waals surface area contributed by atoms with E-state index in [2.05, 4.69) is 10.3 Å². The van der Waals surface area contributed by atoms with Crippen molar-refractivity contribution in [3.05, 3.63) is 64.0 Å². The van der Waals surface area contributed by atoms with Crippen molar-refractivity contribution in [3.63, 3.8) is 0 Å². The molecule has 1 fully saturated rings. The van der Waals surface area contributed by atoms with Gasteiger partial charge in [0.15, 0.2) is 5.17 Å². The van der Waals surface area contributed by atoms with E-state index in [1.165, 1.54) is 11.8 Å². The number of para-hydroxylation sites is 1. The minimum Gasteiger partial charge on any atom is -0.508 e. The number of halogens is 1. The Labute approximate surface area is 136 Å². The molecule has 1 aliphatic heterocycles. The first-order chi connectivity index (χ1) is 10.6. The number of thioether (sulfide) groups is 1. The van der Waals surface area contributed by atoms with Gasteiger partial charge >= 0.3 is 0 Å². The number of carbonyl (C=O) groups excluding carboxylic acids is 1. The van der Waals surface area contributed by atoms with Crippen molar-refractivity contribution < 1.29 is 9.90 Å². The number of carbonyl (C=O) groups is 1. The lowest BCUT2D eigenvalue weighted by molar-refractivity contribution is -0.115. The highest BCUT2D eigenvalue weighted by atomic mass is 35.5. The van der Waals surface area contributed by atoms with Gasteiger partial charge in [0.25, 0.3) is 5.91 Å². The van der Waals surface area contributed by atoms with Crippen LogP contribution in [0.5, 0.6) is 5.75 Å². The zero-order chi connectivity index (χ0) is 15.5. The van der Waals surface area contributed by atoms with Crippen LogP contribution in [0.4, 0.5) is 5.69 Å². The lowest BCUT2D eigenvalue weighted by atomic mass is 10.2. The molecule has 0 aromatic heterocycles. The SMILES string of the molecule is O=C1NC(=Nc2ccccc2Cl)S/C1=C\c1cccc(O)c1. The van der Waals surface area contributed by atoms with Gasteiger partial charge in [-0.2, -0.15) is 0 Å². The first-order valence-electron chi connectivity index (χ1n) is 6.45. The molecule has 2 N–H and O–H groups in total. The van der Waals surface area contributed by atoms with Gasteiger partial charge in [-0.25, -0.2) is 4.99 Å². The van der Waals surface area contributed by atoms with E-state index in [9.17, 15) is 9.90 Å². The Balaban J connectivity index is 1.86. The Morgan fingerprint density at radius 3 is 2.77 bits per heavy atom. The van der Waals surface area contributed by atoms with E-state index in [0.717, 1.165) is 5.56 Å².